The number of nitrogens with zero attached hydrogens (tertiary/aromatic N) is 2. The lowest BCUT2D eigenvalue weighted by Gasteiger charge is -2.09. The topological polar surface area (TPSA) is 38.0 Å². The van der Waals surface area contributed by atoms with E-state index < -0.39 is 0 Å². The van der Waals surface area contributed by atoms with Crippen LogP contribution in [0.1, 0.15) is 29.4 Å². The average Bonchev–Trinajstić information content (AvgIpc) is 2.66. The molecule has 0 spiro atoms. The minimum atomic E-state index is 0.0267. The quantitative estimate of drug-likeness (QED) is 0.839. The molecule has 0 bridgehead atoms. The van der Waals surface area contributed by atoms with E-state index >= 15 is 0 Å². The monoisotopic (exact) mass is 254 g/mol. The molecule has 1 aromatic heterocycles. The Balaban J connectivity index is 2.65. The Morgan fingerprint density at radius 3 is 2.53 bits per heavy atom. The van der Waals surface area contributed by atoms with Gasteiger partial charge < -0.3 is 5.11 Å². The summed E-state index contributed by atoms with van der Waals surface area (Å²) in [6.07, 6.45) is 0. The predicted octanol–water partition coefficient (Wildman–Crippen LogP) is 4.05. The van der Waals surface area contributed by atoms with Crippen LogP contribution in [0.4, 0.5) is 0 Å². The summed E-state index contributed by atoms with van der Waals surface area (Å²) >= 11 is 0. The molecule has 0 atom stereocenters. The van der Waals surface area contributed by atoms with Gasteiger partial charge in [-0.1, -0.05) is 30.9 Å². The van der Waals surface area contributed by atoms with E-state index in [9.17, 15) is 5.11 Å². The molecule has 3 heteroatoms. The fraction of sp³-hybridized carbons (Fsp3) is 0.188. The minimum absolute atomic E-state index is 0.0267. The fourth-order valence-electron chi connectivity index (χ4n) is 2.03. The van der Waals surface area contributed by atoms with Gasteiger partial charge in [0.05, 0.1) is 11.4 Å². The lowest BCUT2D eigenvalue weighted by Crippen LogP contribution is -2.02. The van der Waals surface area contributed by atoms with Crippen molar-refractivity contribution in [2.45, 2.75) is 20.8 Å². The van der Waals surface area contributed by atoms with Gasteiger partial charge in [0, 0.05) is 5.56 Å². The Bertz CT molecular complexity index is 665. The van der Waals surface area contributed by atoms with Gasteiger partial charge in [0.1, 0.15) is 11.5 Å². The standard InChI is InChI=1S/C16H18N2O/c1-10(2)14-7-6-8-15(9-14)18-16(13(5)19)11(3)12(4)17-18/h6-9,19H,1,5H2,2-4H3. The second-order valence-electron chi connectivity index (χ2n) is 4.75. The first kappa shape index (κ1) is 13.1. The SMILES string of the molecule is C=C(C)c1cccc(-n2nc(C)c(C)c2C(=C)O)c1. The number of aromatic nitrogens is 2. The van der Waals surface area contributed by atoms with Gasteiger partial charge in [0.15, 0.2) is 0 Å². The lowest BCUT2D eigenvalue weighted by atomic mass is 10.1. The van der Waals surface area contributed by atoms with Crippen molar-refractivity contribution in [3.05, 3.63) is 59.9 Å². The van der Waals surface area contributed by atoms with Crippen molar-refractivity contribution < 1.29 is 5.11 Å². The van der Waals surface area contributed by atoms with E-state index in [2.05, 4.69) is 18.3 Å². The van der Waals surface area contributed by atoms with Gasteiger partial charge in [-0.15, -0.1) is 0 Å². The van der Waals surface area contributed by atoms with Crippen LogP contribution < -0.4 is 0 Å². The van der Waals surface area contributed by atoms with Gasteiger partial charge >= 0.3 is 0 Å². The van der Waals surface area contributed by atoms with Gasteiger partial charge in [-0.3, -0.25) is 0 Å². The van der Waals surface area contributed by atoms with Gasteiger partial charge in [-0.25, -0.2) is 4.68 Å². The van der Waals surface area contributed by atoms with E-state index in [-0.39, 0.29) is 5.76 Å². The number of aliphatic hydroxyl groups excluding tert-OH is 1. The summed E-state index contributed by atoms with van der Waals surface area (Å²) < 4.78 is 1.72. The van der Waals surface area contributed by atoms with Crippen molar-refractivity contribution in [1.82, 2.24) is 9.78 Å². The molecule has 3 nitrogen and oxygen atoms in total. The molecule has 0 fully saturated rings. The fourth-order valence-corrected chi connectivity index (χ4v) is 2.03. The molecule has 0 aliphatic carbocycles. The molecule has 0 aliphatic rings. The molecular formula is C16H18N2O. The van der Waals surface area contributed by atoms with Gasteiger partial charge in [-0.05, 0) is 38.5 Å². The third-order valence-electron chi connectivity index (χ3n) is 3.22. The summed E-state index contributed by atoms with van der Waals surface area (Å²) in [5.41, 5.74) is 5.40. The molecule has 0 unspecified atom stereocenters. The predicted molar refractivity (Wildman–Crippen MR) is 79.4 cm³/mol. The minimum Gasteiger partial charge on any atom is -0.506 e. The van der Waals surface area contributed by atoms with Crippen molar-refractivity contribution in [2.24, 2.45) is 0 Å². The van der Waals surface area contributed by atoms with Crippen molar-refractivity contribution in [3.8, 4) is 5.69 Å². The first-order valence-electron chi connectivity index (χ1n) is 6.12. The zero-order valence-corrected chi connectivity index (χ0v) is 11.6. The van der Waals surface area contributed by atoms with Crippen LogP contribution in [-0.2, 0) is 0 Å². The molecule has 2 rings (SSSR count). The first-order valence-corrected chi connectivity index (χ1v) is 6.12. The van der Waals surface area contributed by atoms with Crippen LogP contribution in [-0.4, -0.2) is 14.9 Å². The Hall–Kier alpha value is -2.29. The van der Waals surface area contributed by atoms with Gasteiger partial charge in [0.25, 0.3) is 0 Å². The summed E-state index contributed by atoms with van der Waals surface area (Å²) in [4.78, 5) is 0. The summed E-state index contributed by atoms with van der Waals surface area (Å²) in [5, 5.41) is 14.2. The summed E-state index contributed by atoms with van der Waals surface area (Å²) in [6.45, 7) is 13.4. The molecule has 1 aromatic carbocycles. The van der Waals surface area contributed by atoms with Gasteiger partial charge in [0.2, 0.25) is 0 Å². The third-order valence-corrected chi connectivity index (χ3v) is 3.22. The van der Waals surface area contributed by atoms with E-state index in [0.717, 1.165) is 28.1 Å². The Morgan fingerprint density at radius 2 is 1.95 bits per heavy atom. The Labute approximate surface area is 113 Å². The smallest absolute Gasteiger partial charge is 0.134 e. The summed E-state index contributed by atoms with van der Waals surface area (Å²) in [7, 11) is 0. The van der Waals surface area contributed by atoms with E-state index in [1.807, 2.05) is 45.0 Å². The number of allylic oxidation sites excluding steroid dienone is 1. The van der Waals surface area contributed by atoms with Crippen molar-refractivity contribution in [1.29, 1.82) is 0 Å². The Morgan fingerprint density at radius 1 is 1.26 bits per heavy atom. The van der Waals surface area contributed by atoms with Crippen LogP contribution in [0.25, 0.3) is 17.0 Å². The van der Waals surface area contributed by atoms with Crippen LogP contribution in [0.3, 0.4) is 0 Å². The number of hydrogen-bond donors (Lipinski definition) is 1. The molecular weight excluding hydrogens is 236 g/mol. The highest BCUT2D eigenvalue weighted by molar-refractivity contribution is 5.65. The molecule has 0 radical (unpaired) electrons. The van der Waals surface area contributed by atoms with Gasteiger partial charge in [-0.2, -0.15) is 5.10 Å². The number of aliphatic hydroxyl groups is 1. The van der Waals surface area contributed by atoms with Crippen LogP contribution in [0, 0.1) is 13.8 Å². The zero-order valence-electron chi connectivity index (χ0n) is 11.6. The number of benzene rings is 1. The summed E-state index contributed by atoms with van der Waals surface area (Å²) in [6, 6.07) is 7.91. The molecule has 0 saturated carbocycles. The highest BCUT2D eigenvalue weighted by atomic mass is 16.3. The molecule has 1 heterocycles. The van der Waals surface area contributed by atoms with Crippen LogP contribution >= 0.6 is 0 Å². The highest BCUT2D eigenvalue weighted by Gasteiger charge is 2.15. The molecule has 0 aliphatic heterocycles. The normalized spacial score (nSPS) is 10.5. The highest BCUT2D eigenvalue weighted by Crippen LogP contribution is 2.24. The number of rotatable bonds is 3. The van der Waals surface area contributed by atoms with Crippen molar-refractivity contribution >= 4 is 11.3 Å². The van der Waals surface area contributed by atoms with E-state index in [0.29, 0.717) is 5.69 Å². The average molecular weight is 254 g/mol. The third kappa shape index (κ3) is 2.32. The van der Waals surface area contributed by atoms with Crippen LogP contribution in [0.15, 0.2) is 37.4 Å². The molecule has 0 saturated heterocycles. The molecule has 0 amide bonds. The lowest BCUT2D eigenvalue weighted by molar-refractivity contribution is 0.506. The van der Waals surface area contributed by atoms with E-state index in [1.54, 1.807) is 4.68 Å². The second-order valence-corrected chi connectivity index (χ2v) is 4.75. The van der Waals surface area contributed by atoms with Crippen LogP contribution in [0.2, 0.25) is 0 Å². The van der Waals surface area contributed by atoms with Crippen LogP contribution in [0.5, 0.6) is 0 Å². The maximum absolute atomic E-state index is 9.77. The number of aryl methyl sites for hydroxylation is 1. The zero-order chi connectivity index (χ0) is 14.2. The Kier molecular flexibility index (Phi) is 3.30. The molecule has 98 valence electrons. The van der Waals surface area contributed by atoms with E-state index in [1.165, 1.54) is 0 Å². The molecule has 1 N–H and O–H groups in total. The second kappa shape index (κ2) is 4.76. The van der Waals surface area contributed by atoms with E-state index in [4.69, 9.17) is 0 Å². The summed E-state index contributed by atoms with van der Waals surface area (Å²) in [5.74, 6) is 0.0267. The van der Waals surface area contributed by atoms with Crippen molar-refractivity contribution in [3.63, 3.8) is 0 Å². The largest absolute Gasteiger partial charge is 0.506 e. The van der Waals surface area contributed by atoms with Crippen molar-refractivity contribution in [2.75, 3.05) is 0 Å². The maximum Gasteiger partial charge on any atom is 0.134 e. The number of hydrogen-bond acceptors (Lipinski definition) is 2. The maximum atomic E-state index is 9.77. The molecule has 19 heavy (non-hydrogen) atoms. The first-order chi connectivity index (χ1) is 8.91. The molecule has 2 aromatic rings.